The predicted octanol–water partition coefficient (Wildman–Crippen LogP) is 2.55. The Morgan fingerprint density at radius 3 is 2.36 bits per heavy atom. The van der Waals surface area contributed by atoms with Crippen LogP contribution in [0.5, 0.6) is 0 Å². The number of nitrogens with one attached hydrogen (secondary N) is 1. The van der Waals surface area contributed by atoms with Crippen LogP contribution in [0.15, 0.2) is 42.5 Å². The molecule has 204 valence electrons. The van der Waals surface area contributed by atoms with Gasteiger partial charge in [0.05, 0.1) is 11.1 Å². The lowest BCUT2D eigenvalue weighted by Crippen LogP contribution is -2.54. The number of nitrogens with two attached hydrogens (primary N) is 1. The number of nitrogens with zero attached hydrogens (tertiary/aromatic N) is 3. The van der Waals surface area contributed by atoms with E-state index in [4.69, 9.17) is 5.73 Å². The number of hydrogen-bond acceptors (Lipinski definition) is 7. The minimum atomic E-state index is -0.943. The van der Waals surface area contributed by atoms with Crippen molar-refractivity contribution in [3.8, 4) is 0 Å². The first-order chi connectivity index (χ1) is 18.7. The maximum absolute atomic E-state index is 13.2. The Morgan fingerprint density at radius 2 is 1.64 bits per heavy atom. The van der Waals surface area contributed by atoms with E-state index in [0.717, 1.165) is 68.3 Å². The molecule has 2 unspecified atom stereocenters. The molecule has 4 aliphatic rings. The molecular weight excluding hydrogens is 494 g/mol. The summed E-state index contributed by atoms with van der Waals surface area (Å²) in [5, 5.41) is 2.24. The first-order valence-electron chi connectivity index (χ1n) is 13.9. The van der Waals surface area contributed by atoms with Crippen molar-refractivity contribution < 1.29 is 19.2 Å². The molecule has 0 aliphatic carbocycles. The quantitative estimate of drug-likeness (QED) is 0.452. The summed E-state index contributed by atoms with van der Waals surface area (Å²) >= 11 is 0. The Hall–Kier alpha value is -3.72. The topological polar surface area (TPSA) is 116 Å². The van der Waals surface area contributed by atoms with Gasteiger partial charge in [0.25, 0.3) is 11.8 Å². The fraction of sp³-hybridized carbons (Fsp3) is 0.467. The number of benzene rings is 2. The number of nitrogen functional groups attached to an aromatic ring is 1. The summed E-state index contributed by atoms with van der Waals surface area (Å²) in [5.74, 6) is -1.35. The molecule has 9 heteroatoms. The minimum absolute atomic E-state index is 0.113. The van der Waals surface area contributed by atoms with Crippen LogP contribution in [-0.2, 0) is 15.0 Å². The zero-order valence-electron chi connectivity index (χ0n) is 22.3. The predicted molar refractivity (Wildman–Crippen MR) is 147 cm³/mol. The number of fused-ring (bicyclic) bond motifs is 1. The maximum atomic E-state index is 13.2. The van der Waals surface area contributed by atoms with E-state index >= 15 is 0 Å². The van der Waals surface area contributed by atoms with Crippen molar-refractivity contribution in [1.29, 1.82) is 0 Å². The number of imide groups is 2. The Labute approximate surface area is 228 Å². The van der Waals surface area contributed by atoms with Crippen LogP contribution in [0, 0.1) is 5.92 Å². The molecule has 2 atom stereocenters. The van der Waals surface area contributed by atoms with E-state index in [1.807, 2.05) is 18.2 Å². The van der Waals surface area contributed by atoms with Crippen LogP contribution in [0.4, 0.5) is 11.4 Å². The highest BCUT2D eigenvalue weighted by Crippen LogP contribution is 2.37. The number of amides is 4. The molecular formula is C30H35N5O4. The van der Waals surface area contributed by atoms with Crippen LogP contribution in [0.2, 0.25) is 0 Å². The van der Waals surface area contributed by atoms with Crippen molar-refractivity contribution in [2.24, 2.45) is 5.92 Å². The molecule has 3 saturated heterocycles. The van der Waals surface area contributed by atoms with Crippen LogP contribution >= 0.6 is 0 Å². The Morgan fingerprint density at radius 1 is 0.923 bits per heavy atom. The van der Waals surface area contributed by atoms with Gasteiger partial charge in [0.15, 0.2) is 0 Å². The Balaban J connectivity index is 1.07. The summed E-state index contributed by atoms with van der Waals surface area (Å²) in [6.45, 7) is 7.36. The molecule has 6 rings (SSSR count). The molecule has 9 nitrogen and oxygen atoms in total. The van der Waals surface area contributed by atoms with Gasteiger partial charge in [-0.3, -0.25) is 29.4 Å². The van der Waals surface area contributed by atoms with Gasteiger partial charge >= 0.3 is 0 Å². The summed E-state index contributed by atoms with van der Waals surface area (Å²) in [6.07, 6.45) is 3.60. The van der Waals surface area contributed by atoms with Crippen LogP contribution in [0.3, 0.4) is 0 Å². The molecule has 4 amide bonds. The monoisotopic (exact) mass is 529 g/mol. The van der Waals surface area contributed by atoms with E-state index in [-0.39, 0.29) is 24.2 Å². The van der Waals surface area contributed by atoms with Crippen molar-refractivity contribution in [2.75, 3.05) is 43.4 Å². The second-order valence-electron chi connectivity index (χ2n) is 11.8. The summed E-state index contributed by atoms with van der Waals surface area (Å²) < 4.78 is 0. The van der Waals surface area contributed by atoms with Crippen LogP contribution in [0.1, 0.15) is 65.3 Å². The number of carbonyl (C=O) groups excluding carboxylic acids is 4. The standard InChI is InChI=1S/C30H35N5O4/c1-30(20-2-4-21(31)5-3-20)11-14-33(15-12-30)17-19-10-13-34(18-19)22-6-7-23-24(16-22)29(39)35(28(23)38)25-8-9-26(36)32-27(25)37/h2-7,16,19,25H,8-15,17-18,31H2,1H3,(H,32,36,37). The number of rotatable bonds is 5. The lowest BCUT2D eigenvalue weighted by Gasteiger charge is -2.40. The average Bonchev–Trinajstić information content (AvgIpc) is 3.48. The molecule has 0 radical (unpaired) electrons. The molecule has 39 heavy (non-hydrogen) atoms. The summed E-state index contributed by atoms with van der Waals surface area (Å²) in [6, 6.07) is 12.8. The largest absolute Gasteiger partial charge is 0.399 e. The maximum Gasteiger partial charge on any atom is 0.262 e. The van der Waals surface area contributed by atoms with Crippen molar-refractivity contribution in [3.05, 3.63) is 59.2 Å². The molecule has 0 spiro atoms. The van der Waals surface area contributed by atoms with Crippen molar-refractivity contribution >= 4 is 35.0 Å². The zero-order chi connectivity index (χ0) is 27.3. The van der Waals surface area contributed by atoms with E-state index < -0.39 is 23.8 Å². The van der Waals surface area contributed by atoms with E-state index in [2.05, 4.69) is 34.2 Å². The third kappa shape index (κ3) is 4.69. The second-order valence-corrected chi connectivity index (χ2v) is 11.8. The van der Waals surface area contributed by atoms with Crippen LogP contribution < -0.4 is 16.0 Å². The smallest absolute Gasteiger partial charge is 0.262 e. The fourth-order valence-corrected chi connectivity index (χ4v) is 6.64. The number of carbonyl (C=O) groups is 4. The van der Waals surface area contributed by atoms with Gasteiger partial charge in [0.1, 0.15) is 6.04 Å². The highest BCUT2D eigenvalue weighted by Gasteiger charge is 2.45. The van der Waals surface area contributed by atoms with Crippen molar-refractivity contribution in [1.82, 2.24) is 15.1 Å². The second kappa shape index (κ2) is 9.79. The van der Waals surface area contributed by atoms with Crippen LogP contribution in [-0.4, -0.2) is 72.2 Å². The molecule has 3 fully saturated rings. The number of piperidine rings is 2. The first kappa shape index (κ1) is 25.6. The van der Waals surface area contributed by atoms with Gasteiger partial charge in [0.2, 0.25) is 11.8 Å². The van der Waals surface area contributed by atoms with E-state index in [9.17, 15) is 19.2 Å². The summed E-state index contributed by atoms with van der Waals surface area (Å²) in [4.78, 5) is 56.0. The van der Waals surface area contributed by atoms with E-state index in [1.54, 1.807) is 12.1 Å². The van der Waals surface area contributed by atoms with Gasteiger partial charge in [0, 0.05) is 37.4 Å². The van der Waals surface area contributed by atoms with Gasteiger partial charge in [-0.05, 0) is 86.0 Å². The summed E-state index contributed by atoms with van der Waals surface area (Å²) in [7, 11) is 0. The fourth-order valence-electron chi connectivity index (χ4n) is 6.64. The van der Waals surface area contributed by atoms with Crippen molar-refractivity contribution in [2.45, 2.75) is 50.5 Å². The highest BCUT2D eigenvalue weighted by molar-refractivity contribution is 6.23. The molecule has 4 heterocycles. The van der Waals surface area contributed by atoms with Gasteiger partial charge in [-0.25, -0.2) is 0 Å². The van der Waals surface area contributed by atoms with Gasteiger partial charge in [-0.15, -0.1) is 0 Å². The van der Waals surface area contributed by atoms with E-state index in [0.29, 0.717) is 17.0 Å². The molecule has 0 bridgehead atoms. The molecule has 0 aromatic heterocycles. The lowest BCUT2D eigenvalue weighted by molar-refractivity contribution is -0.136. The Kier molecular flexibility index (Phi) is 6.41. The molecule has 0 saturated carbocycles. The molecule has 2 aromatic carbocycles. The minimum Gasteiger partial charge on any atom is -0.399 e. The first-order valence-corrected chi connectivity index (χ1v) is 13.9. The highest BCUT2D eigenvalue weighted by atomic mass is 16.2. The van der Waals surface area contributed by atoms with Gasteiger partial charge in [-0.1, -0.05) is 19.1 Å². The summed E-state index contributed by atoms with van der Waals surface area (Å²) in [5.41, 5.74) is 9.82. The number of hydrogen-bond donors (Lipinski definition) is 2. The van der Waals surface area contributed by atoms with Gasteiger partial charge < -0.3 is 15.5 Å². The molecule has 4 aliphatic heterocycles. The third-order valence-corrected chi connectivity index (χ3v) is 9.16. The lowest BCUT2D eigenvalue weighted by atomic mass is 9.74. The SMILES string of the molecule is CC1(c2ccc(N)cc2)CCN(CC2CCN(c3ccc4c(c3)C(=O)N(C3CCC(=O)NC3=O)C4=O)C2)CC1. The molecule has 2 aromatic rings. The normalized spacial score (nSPS) is 25.3. The van der Waals surface area contributed by atoms with E-state index in [1.165, 1.54) is 5.56 Å². The number of anilines is 2. The Bertz CT molecular complexity index is 1330. The zero-order valence-corrected chi connectivity index (χ0v) is 22.3. The molecule has 3 N–H and O–H groups in total. The third-order valence-electron chi connectivity index (χ3n) is 9.16. The van der Waals surface area contributed by atoms with Crippen molar-refractivity contribution in [3.63, 3.8) is 0 Å². The average molecular weight is 530 g/mol. The van der Waals surface area contributed by atoms with Crippen LogP contribution in [0.25, 0.3) is 0 Å². The number of likely N-dealkylation sites (tertiary alicyclic amines) is 1. The van der Waals surface area contributed by atoms with Gasteiger partial charge in [-0.2, -0.15) is 0 Å².